The molecule has 0 aliphatic heterocycles. The first kappa shape index (κ1) is 31.5. The molecule has 1 aromatic carbocycles. The molecule has 35 heavy (non-hydrogen) atoms. The van der Waals surface area contributed by atoms with Crippen LogP contribution in [0.2, 0.25) is 0 Å². The number of unbranched alkanes of at least 4 members (excludes halogenated alkanes) is 11. The smallest absolute Gasteiger partial charge is 0.305 e. The van der Waals surface area contributed by atoms with E-state index in [0.29, 0.717) is 30.6 Å². The summed E-state index contributed by atoms with van der Waals surface area (Å²) in [6.07, 6.45) is 23.0. The van der Waals surface area contributed by atoms with Crippen molar-refractivity contribution in [1.29, 1.82) is 0 Å². The van der Waals surface area contributed by atoms with E-state index in [1.807, 2.05) is 12.1 Å². The van der Waals surface area contributed by atoms with Crippen molar-refractivity contribution < 1.29 is 14.6 Å². The van der Waals surface area contributed by atoms with Gasteiger partial charge in [0.15, 0.2) is 0 Å². The van der Waals surface area contributed by atoms with Gasteiger partial charge in [-0.25, -0.2) is 0 Å². The number of esters is 1. The molecule has 1 N–H and O–H groups in total. The Morgan fingerprint density at radius 1 is 0.771 bits per heavy atom. The van der Waals surface area contributed by atoms with Crippen molar-refractivity contribution in [3.63, 3.8) is 0 Å². The zero-order valence-corrected chi connectivity index (χ0v) is 23.4. The summed E-state index contributed by atoms with van der Waals surface area (Å²) < 4.78 is 5.50. The highest BCUT2D eigenvalue weighted by molar-refractivity contribution is 5.69. The maximum atomic E-state index is 11.9. The van der Waals surface area contributed by atoms with Crippen LogP contribution in [0.3, 0.4) is 0 Å². The minimum Gasteiger partial charge on any atom is -0.508 e. The van der Waals surface area contributed by atoms with E-state index in [-0.39, 0.29) is 5.97 Å². The molecule has 1 rings (SSSR count). The van der Waals surface area contributed by atoms with Crippen molar-refractivity contribution in [2.45, 2.75) is 149 Å². The summed E-state index contributed by atoms with van der Waals surface area (Å²) in [4.78, 5) is 11.9. The van der Waals surface area contributed by atoms with E-state index in [4.69, 9.17) is 4.74 Å². The zero-order chi connectivity index (χ0) is 25.6. The van der Waals surface area contributed by atoms with Gasteiger partial charge in [-0.3, -0.25) is 4.79 Å². The number of hydrogen-bond donors (Lipinski definition) is 1. The Balaban J connectivity index is 1.93. The van der Waals surface area contributed by atoms with Gasteiger partial charge >= 0.3 is 5.97 Å². The van der Waals surface area contributed by atoms with Crippen molar-refractivity contribution in [1.82, 2.24) is 0 Å². The molecule has 2 unspecified atom stereocenters. The predicted octanol–water partition coefficient (Wildman–Crippen LogP) is 10.1. The second kappa shape index (κ2) is 21.7. The van der Waals surface area contributed by atoms with Crippen LogP contribution in [0.15, 0.2) is 24.3 Å². The Labute approximate surface area is 217 Å². The second-order valence-electron chi connectivity index (χ2n) is 10.6. The van der Waals surface area contributed by atoms with Gasteiger partial charge in [0.2, 0.25) is 0 Å². The summed E-state index contributed by atoms with van der Waals surface area (Å²) in [5.74, 6) is 1.53. The fourth-order valence-electron chi connectivity index (χ4n) is 5.04. The maximum Gasteiger partial charge on any atom is 0.305 e. The Hall–Kier alpha value is -1.51. The number of aromatic hydroxyl groups is 1. The van der Waals surface area contributed by atoms with Crippen LogP contribution in [-0.4, -0.2) is 17.7 Å². The maximum absolute atomic E-state index is 11.9. The van der Waals surface area contributed by atoms with E-state index >= 15 is 0 Å². The molecular formula is C32H56O3. The highest BCUT2D eigenvalue weighted by atomic mass is 16.5. The first-order valence-corrected chi connectivity index (χ1v) is 15.0. The Morgan fingerprint density at radius 2 is 1.40 bits per heavy atom. The summed E-state index contributed by atoms with van der Waals surface area (Å²) in [6, 6.07) is 7.85. The molecule has 0 radical (unpaired) electrons. The topological polar surface area (TPSA) is 46.5 Å². The van der Waals surface area contributed by atoms with Crippen LogP contribution < -0.4 is 0 Å². The van der Waals surface area contributed by atoms with Crippen LogP contribution in [-0.2, 0) is 9.53 Å². The molecule has 0 heterocycles. The van der Waals surface area contributed by atoms with Crippen molar-refractivity contribution in [2.75, 3.05) is 6.61 Å². The van der Waals surface area contributed by atoms with Crippen molar-refractivity contribution in [3.05, 3.63) is 29.8 Å². The molecule has 0 spiro atoms. The molecule has 3 nitrogen and oxygen atoms in total. The standard InChI is InChI=1S/C32H56O3/c1-4-7-21-28(6-3)27-35-32(34)25-18-16-14-12-10-8-9-11-13-15-17-22-29(20-5-2)30-23-19-24-31(33)26-30/h19,23-24,26,28-29,33H,4-18,20-22,25,27H2,1-3H3. The minimum atomic E-state index is 0.00267. The summed E-state index contributed by atoms with van der Waals surface area (Å²) in [6.45, 7) is 7.27. The predicted molar refractivity (Wildman–Crippen MR) is 150 cm³/mol. The molecule has 202 valence electrons. The molecule has 0 bridgehead atoms. The van der Waals surface area contributed by atoms with Gasteiger partial charge in [0, 0.05) is 6.42 Å². The van der Waals surface area contributed by atoms with Gasteiger partial charge in [0.25, 0.3) is 0 Å². The number of benzene rings is 1. The van der Waals surface area contributed by atoms with Gasteiger partial charge in [0.1, 0.15) is 5.75 Å². The van der Waals surface area contributed by atoms with Crippen LogP contribution >= 0.6 is 0 Å². The highest BCUT2D eigenvalue weighted by Crippen LogP contribution is 2.29. The lowest BCUT2D eigenvalue weighted by Crippen LogP contribution is -2.13. The second-order valence-corrected chi connectivity index (χ2v) is 10.6. The Bertz CT molecular complexity index is 627. The average Bonchev–Trinajstić information content (AvgIpc) is 2.86. The van der Waals surface area contributed by atoms with Gasteiger partial charge in [-0.1, -0.05) is 123 Å². The van der Waals surface area contributed by atoms with E-state index in [9.17, 15) is 9.90 Å². The fraction of sp³-hybridized carbons (Fsp3) is 0.781. The molecular weight excluding hydrogens is 432 g/mol. The van der Waals surface area contributed by atoms with Gasteiger partial charge in [-0.05, 0) is 55.2 Å². The third kappa shape index (κ3) is 16.7. The normalized spacial score (nSPS) is 13.0. The summed E-state index contributed by atoms with van der Waals surface area (Å²) in [7, 11) is 0. The minimum absolute atomic E-state index is 0.00267. The molecule has 0 amide bonds. The number of hydrogen-bond acceptors (Lipinski definition) is 3. The summed E-state index contributed by atoms with van der Waals surface area (Å²) >= 11 is 0. The largest absolute Gasteiger partial charge is 0.508 e. The number of carbonyl (C=O) groups excluding carboxylic acids is 1. The van der Waals surface area contributed by atoms with E-state index in [1.54, 1.807) is 6.07 Å². The zero-order valence-electron chi connectivity index (χ0n) is 23.4. The third-order valence-corrected chi connectivity index (χ3v) is 7.44. The number of carbonyl (C=O) groups is 1. The van der Waals surface area contributed by atoms with Crippen molar-refractivity contribution in [3.8, 4) is 5.75 Å². The lowest BCUT2D eigenvalue weighted by atomic mass is 9.89. The monoisotopic (exact) mass is 488 g/mol. The van der Waals surface area contributed by atoms with Crippen LogP contribution in [0.4, 0.5) is 0 Å². The first-order chi connectivity index (χ1) is 17.1. The molecule has 0 aliphatic rings. The third-order valence-electron chi connectivity index (χ3n) is 7.44. The van der Waals surface area contributed by atoms with Gasteiger partial charge < -0.3 is 9.84 Å². The lowest BCUT2D eigenvalue weighted by Gasteiger charge is -2.17. The number of rotatable bonds is 23. The quantitative estimate of drug-likeness (QED) is 0.123. The molecule has 0 fully saturated rings. The molecule has 2 atom stereocenters. The van der Waals surface area contributed by atoms with Gasteiger partial charge in [-0.15, -0.1) is 0 Å². The first-order valence-electron chi connectivity index (χ1n) is 15.0. The molecule has 1 aromatic rings. The van der Waals surface area contributed by atoms with Crippen molar-refractivity contribution in [2.24, 2.45) is 5.92 Å². The number of ether oxygens (including phenoxy) is 1. The summed E-state index contributed by atoms with van der Waals surface area (Å²) in [5.41, 5.74) is 1.30. The van der Waals surface area contributed by atoms with Crippen LogP contribution in [0.25, 0.3) is 0 Å². The van der Waals surface area contributed by atoms with E-state index in [2.05, 4.69) is 26.8 Å². The number of phenolic OH excluding ortho intramolecular Hbond substituents is 1. The van der Waals surface area contributed by atoms with Crippen LogP contribution in [0.5, 0.6) is 5.75 Å². The van der Waals surface area contributed by atoms with E-state index < -0.39 is 0 Å². The molecule has 0 aromatic heterocycles. The molecule has 3 heteroatoms. The summed E-state index contributed by atoms with van der Waals surface area (Å²) in [5, 5.41) is 9.77. The lowest BCUT2D eigenvalue weighted by molar-refractivity contribution is -0.145. The highest BCUT2D eigenvalue weighted by Gasteiger charge is 2.11. The van der Waals surface area contributed by atoms with E-state index in [0.717, 1.165) is 19.3 Å². The Morgan fingerprint density at radius 3 is 1.97 bits per heavy atom. The van der Waals surface area contributed by atoms with Crippen LogP contribution in [0.1, 0.15) is 154 Å². The fourth-order valence-corrected chi connectivity index (χ4v) is 5.04. The molecule has 0 aliphatic carbocycles. The van der Waals surface area contributed by atoms with Crippen molar-refractivity contribution >= 4 is 5.97 Å². The van der Waals surface area contributed by atoms with Gasteiger partial charge in [-0.2, -0.15) is 0 Å². The SMILES string of the molecule is CCCCC(CC)COC(=O)CCCCCCCCCCCCCC(CCC)c1cccc(O)c1. The van der Waals surface area contributed by atoms with Gasteiger partial charge in [0.05, 0.1) is 6.61 Å². The average molecular weight is 489 g/mol. The number of phenols is 1. The Kier molecular flexibility index (Phi) is 19.6. The molecule has 0 saturated carbocycles. The molecule has 0 saturated heterocycles. The van der Waals surface area contributed by atoms with Crippen LogP contribution in [0, 0.1) is 5.92 Å². The van der Waals surface area contributed by atoms with E-state index in [1.165, 1.54) is 102 Å².